The van der Waals surface area contributed by atoms with Crippen LogP contribution in [0.2, 0.25) is 0 Å². The van der Waals surface area contributed by atoms with Crippen LogP contribution < -0.4 is 31.5 Å². The molecular formula is C20H21N9O9. The Kier molecular flexibility index (Phi) is 8.25. The second-order valence-corrected chi connectivity index (χ2v) is 7.96. The van der Waals surface area contributed by atoms with E-state index in [2.05, 4.69) is 25.9 Å². The van der Waals surface area contributed by atoms with Gasteiger partial charge in [0, 0.05) is 12.0 Å². The van der Waals surface area contributed by atoms with Crippen LogP contribution in [-0.2, 0) is 14.4 Å². The number of carboxylic acid groups (broad SMARTS) is 2. The quantitative estimate of drug-likeness (QED) is 0.130. The number of aliphatic carboxylic acids is 2. The maximum atomic E-state index is 12.4. The van der Waals surface area contributed by atoms with Gasteiger partial charge in [0.2, 0.25) is 12.4 Å². The number of carboxylic acids is 2. The van der Waals surface area contributed by atoms with Crippen LogP contribution in [0.5, 0.6) is 0 Å². The monoisotopic (exact) mass is 531 g/mol. The van der Waals surface area contributed by atoms with E-state index in [1.807, 2.05) is 0 Å². The molecule has 2 heterocycles. The number of nitrogens with one attached hydrogen (secondary N) is 2. The number of nitrogens with two attached hydrogens (primary N) is 1. The Balaban J connectivity index is 1.79. The molecule has 0 radical (unpaired) electrons. The lowest BCUT2D eigenvalue weighted by molar-refractivity contribution is -0.140. The predicted molar refractivity (Wildman–Crippen MR) is 130 cm³/mol. The molecule has 0 bridgehead atoms. The lowest BCUT2D eigenvalue weighted by Gasteiger charge is -2.37. The van der Waals surface area contributed by atoms with Crippen LogP contribution in [0.1, 0.15) is 23.2 Å². The number of benzene rings is 1. The highest BCUT2D eigenvalue weighted by atomic mass is 16.4. The van der Waals surface area contributed by atoms with Crippen molar-refractivity contribution >= 4 is 47.4 Å². The first kappa shape index (κ1) is 27.2. The number of nitrogen functional groups attached to an aromatic ring is 1. The lowest BCUT2D eigenvalue weighted by atomic mass is 10.1. The van der Waals surface area contributed by atoms with Gasteiger partial charge in [0.15, 0.2) is 11.5 Å². The number of H-pyrrole nitrogens is 1. The molecule has 0 saturated heterocycles. The number of aromatic nitrogens is 2. The summed E-state index contributed by atoms with van der Waals surface area (Å²) < 4.78 is 0. The number of fused-ring (bicyclic) bond motifs is 1. The number of aromatic amines is 1. The van der Waals surface area contributed by atoms with Gasteiger partial charge in [-0.25, -0.2) is 14.8 Å². The van der Waals surface area contributed by atoms with Crippen molar-refractivity contribution in [2.24, 2.45) is 10.6 Å². The second-order valence-electron chi connectivity index (χ2n) is 7.96. The molecule has 1 aromatic heterocycles. The molecule has 1 aliphatic heterocycles. The van der Waals surface area contributed by atoms with Crippen LogP contribution in [0, 0.1) is 9.81 Å². The van der Waals surface area contributed by atoms with Gasteiger partial charge in [0.05, 0.1) is 35.4 Å². The number of hydrogen-bond donors (Lipinski definition) is 5. The first-order valence-corrected chi connectivity index (χ1v) is 10.8. The van der Waals surface area contributed by atoms with E-state index in [1.165, 1.54) is 24.3 Å². The summed E-state index contributed by atoms with van der Waals surface area (Å²) in [6.07, 6.45) is -0.475. The first-order chi connectivity index (χ1) is 18.1. The van der Waals surface area contributed by atoms with Gasteiger partial charge in [-0.2, -0.15) is 4.98 Å². The predicted octanol–water partition coefficient (Wildman–Crippen LogP) is -0.579. The SMILES string of the molecule is Nc1nc2c(c(=O)[nH]1)N(C=O)[C@@H](CN(N=O)c1ccc(C(=O)N[C@@H](CCC(=O)O)C(=O)O)cc1)CN2N=O. The van der Waals surface area contributed by atoms with Gasteiger partial charge in [-0.05, 0) is 30.7 Å². The van der Waals surface area contributed by atoms with E-state index in [0.29, 0.717) is 6.41 Å². The maximum Gasteiger partial charge on any atom is 0.326 e. The Bertz CT molecular complexity index is 1310. The van der Waals surface area contributed by atoms with Gasteiger partial charge >= 0.3 is 11.9 Å². The Hall–Kier alpha value is -5.42. The number of hydrogen-bond acceptors (Lipinski definition) is 11. The zero-order valence-electron chi connectivity index (χ0n) is 19.4. The van der Waals surface area contributed by atoms with Gasteiger partial charge < -0.3 is 26.2 Å². The van der Waals surface area contributed by atoms with Crippen molar-refractivity contribution in [3.05, 3.63) is 50.0 Å². The molecule has 0 fully saturated rings. The van der Waals surface area contributed by atoms with Crippen molar-refractivity contribution in [1.82, 2.24) is 15.3 Å². The fourth-order valence-electron chi connectivity index (χ4n) is 3.74. The Labute approximate surface area is 211 Å². The summed E-state index contributed by atoms with van der Waals surface area (Å²) in [6, 6.07) is 2.76. The Morgan fingerprint density at radius 3 is 2.50 bits per heavy atom. The van der Waals surface area contributed by atoms with Gasteiger partial charge in [-0.1, -0.05) is 0 Å². The molecule has 1 aliphatic rings. The third-order valence-electron chi connectivity index (χ3n) is 5.55. The number of nitroso groups, excluding NO2 is 2. The standard InChI is InChI=1S/C20H21N9O9/c21-20-23-16-15(18(34)24-20)27(9-30)12(8-29(16)26-38)7-28(25-37)11-3-1-10(2-4-11)17(33)22-13(19(35)36)5-6-14(31)32/h1-4,9,12-13H,5-8H2,(H,22,33)(H,31,32)(H,35,36)(H3,21,23,24,34)/t12-,13-/m0/s1. The molecule has 2 aromatic rings. The highest BCUT2D eigenvalue weighted by molar-refractivity contribution is 5.97. The number of carbonyl (C=O) groups excluding carboxylic acids is 2. The zero-order chi connectivity index (χ0) is 28.0. The van der Waals surface area contributed by atoms with Crippen LogP contribution in [0.3, 0.4) is 0 Å². The zero-order valence-corrected chi connectivity index (χ0v) is 19.4. The normalized spacial score (nSPS) is 15.1. The van der Waals surface area contributed by atoms with E-state index in [1.54, 1.807) is 0 Å². The van der Waals surface area contributed by atoms with E-state index in [9.17, 15) is 38.9 Å². The minimum atomic E-state index is -1.43. The fourth-order valence-corrected chi connectivity index (χ4v) is 3.74. The molecule has 3 rings (SSSR count). The second kappa shape index (κ2) is 11.5. The molecular weight excluding hydrogens is 510 g/mol. The lowest BCUT2D eigenvalue weighted by Crippen LogP contribution is -2.54. The number of anilines is 4. The molecule has 0 saturated carbocycles. The number of carbonyl (C=O) groups is 4. The van der Waals surface area contributed by atoms with Crippen LogP contribution in [-0.4, -0.2) is 69.6 Å². The van der Waals surface area contributed by atoms with Crippen molar-refractivity contribution in [3.8, 4) is 0 Å². The van der Waals surface area contributed by atoms with Crippen LogP contribution in [0.25, 0.3) is 0 Å². The average Bonchev–Trinajstić information content (AvgIpc) is 2.88. The largest absolute Gasteiger partial charge is 0.481 e. The molecule has 0 aliphatic carbocycles. The summed E-state index contributed by atoms with van der Waals surface area (Å²) in [7, 11) is 0. The van der Waals surface area contributed by atoms with Crippen molar-refractivity contribution in [2.45, 2.75) is 24.9 Å². The van der Waals surface area contributed by atoms with Crippen molar-refractivity contribution in [3.63, 3.8) is 0 Å². The van der Waals surface area contributed by atoms with E-state index in [0.717, 1.165) is 14.9 Å². The molecule has 2 amide bonds. The highest BCUT2D eigenvalue weighted by Gasteiger charge is 2.37. The average molecular weight is 531 g/mol. The molecule has 6 N–H and O–H groups in total. The van der Waals surface area contributed by atoms with Gasteiger partial charge in [0.25, 0.3) is 11.5 Å². The minimum Gasteiger partial charge on any atom is -0.481 e. The number of amides is 2. The smallest absolute Gasteiger partial charge is 0.326 e. The Morgan fingerprint density at radius 1 is 1.26 bits per heavy atom. The molecule has 18 heteroatoms. The van der Waals surface area contributed by atoms with E-state index in [4.69, 9.17) is 10.8 Å². The van der Waals surface area contributed by atoms with E-state index < -0.39 is 41.9 Å². The molecule has 1 aromatic carbocycles. The van der Waals surface area contributed by atoms with Crippen molar-refractivity contribution in [2.75, 3.05) is 33.7 Å². The highest BCUT2D eigenvalue weighted by Crippen LogP contribution is 2.31. The third-order valence-corrected chi connectivity index (χ3v) is 5.55. The summed E-state index contributed by atoms with van der Waals surface area (Å²) in [6.45, 7) is -0.566. The molecule has 0 spiro atoms. The first-order valence-electron chi connectivity index (χ1n) is 10.8. The van der Waals surface area contributed by atoms with Gasteiger partial charge in [-0.3, -0.25) is 24.2 Å². The summed E-state index contributed by atoms with van der Waals surface area (Å²) >= 11 is 0. The van der Waals surface area contributed by atoms with Gasteiger partial charge in [0.1, 0.15) is 6.04 Å². The third kappa shape index (κ3) is 5.86. The molecule has 2 atom stereocenters. The van der Waals surface area contributed by atoms with Crippen molar-refractivity contribution < 1.29 is 29.4 Å². The van der Waals surface area contributed by atoms with E-state index in [-0.39, 0.29) is 48.2 Å². The summed E-state index contributed by atoms with van der Waals surface area (Å²) in [5, 5.41) is 27.6. The molecule has 38 heavy (non-hydrogen) atoms. The Morgan fingerprint density at radius 2 is 1.95 bits per heavy atom. The van der Waals surface area contributed by atoms with Crippen molar-refractivity contribution in [1.29, 1.82) is 0 Å². The minimum absolute atomic E-state index is 0.00816. The number of rotatable bonds is 12. The summed E-state index contributed by atoms with van der Waals surface area (Å²) in [4.78, 5) is 88.8. The number of nitrogens with zero attached hydrogens (tertiary/aromatic N) is 6. The molecule has 200 valence electrons. The van der Waals surface area contributed by atoms with Crippen LogP contribution in [0.4, 0.5) is 23.1 Å². The molecule has 0 unspecified atom stereocenters. The summed E-state index contributed by atoms with van der Waals surface area (Å²) in [5.74, 6) is -3.97. The topological polar surface area (TPSA) is 261 Å². The van der Waals surface area contributed by atoms with E-state index >= 15 is 0 Å². The fraction of sp³-hybridized carbons (Fsp3) is 0.300. The maximum absolute atomic E-state index is 12.4. The van der Waals surface area contributed by atoms with Crippen LogP contribution in [0.15, 0.2) is 39.6 Å². The molecule has 18 nitrogen and oxygen atoms in total. The van der Waals surface area contributed by atoms with Gasteiger partial charge in [-0.15, -0.1) is 9.81 Å². The summed E-state index contributed by atoms with van der Waals surface area (Å²) in [5.41, 5.74) is 4.55. The van der Waals surface area contributed by atoms with Crippen LogP contribution >= 0.6 is 0 Å².